The highest BCUT2D eigenvalue weighted by Crippen LogP contribution is 2.13. The molecule has 3 heteroatoms. The third-order valence-corrected chi connectivity index (χ3v) is 2.65. The van der Waals surface area contributed by atoms with Gasteiger partial charge in [-0.3, -0.25) is 4.90 Å². The third kappa shape index (κ3) is 9.63. The zero-order valence-electron chi connectivity index (χ0n) is 12.4. The predicted octanol–water partition coefficient (Wildman–Crippen LogP) is 4.32. The highest BCUT2D eigenvalue weighted by atomic mass is 79.9. The molecule has 2 nitrogen and oxygen atoms in total. The molecule has 0 saturated heterocycles. The van der Waals surface area contributed by atoms with Crippen LogP contribution in [-0.4, -0.2) is 29.7 Å². The Balaban J connectivity index is 0. The molecular weight excluding hydrogens is 290 g/mol. The van der Waals surface area contributed by atoms with Crippen LogP contribution in [0.2, 0.25) is 0 Å². The molecule has 0 bridgehead atoms. The molecule has 1 N–H and O–H groups in total. The van der Waals surface area contributed by atoms with Gasteiger partial charge in [-0.05, 0) is 24.2 Å². The Morgan fingerprint density at radius 1 is 1.17 bits per heavy atom. The normalized spacial score (nSPS) is 9.11. The molecule has 0 radical (unpaired) electrons. The number of nitrogens with zero attached hydrogens (tertiary/aromatic N) is 1. The molecule has 0 aliphatic rings. The van der Waals surface area contributed by atoms with Crippen LogP contribution < -0.4 is 0 Å². The number of aliphatic hydroxyl groups is 1. The summed E-state index contributed by atoms with van der Waals surface area (Å²) in [5.41, 5.74) is 1.27. The zero-order valence-corrected chi connectivity index (χ0v) is 14.0. The molecule has 0 atom stereocenters. The number of rotatable bonds is 5. The van der Waals surface area contributed by atoms with Crippen molar-refractivity contribution in [2.45, 2.75) is 41.2 Å². The molecule has 0 unspecified atom stereocenters. The Morgan fingerprint density at radius 2 is 1.78 bits per heavy atom. The van der Waals surface area contributed by atoms with Crippen LogP contribution in [0.3, 0.4) is 0 Å². The van der Waals surface area contributed by atoms with Gasteiger partial charge in [-0.1, -0.05) is 62.7 Å². The number of aliphatic hydroxyl groups excluding tert-OH is 1. The van der Waals surface area contributed by atoms with Gasteiger partial charge in [0.15, 0.2) is 0 Å². The number of hydrogen-bond acceptors (Lipinski definition) is 2. The van der Waals surface area contributed by atoms with Crippen LogP contribution >= 0.6 is 15.9 Å². The van der Waals surface area contributed by atoms with Crippen molar-refractivity contribution >= 4 is 15.9 Å². The average molecular weight is 318 g/mol. The second-order valence-electron chi connectivity index (χ2n) is 3.22. The van der Waals surface area contributed by atoms with Crippen molar-refractivity contribution in [1.82, 2.24) is 4.90 Å². The molecule has 0 amide bonds. The van der Waals surface area contributed by atoms with Crippen LogP contribution in [0, 0.1) is 0 Å². The Labute approximate surface area is 121 Å². The molecule has 106 valence electrons. The minimum absolute atomic E-state index is 0.224. The van der Waals surface area contributed by atoms with Gasteiger partial charge in [0.05, 0.1) is 6.61 Å². The van der Waals surface area contributed by atoms with Gasteiger partial charge in [0.2, 0.25) is 0 Å². The average Bonchev–Trinajstić information content (AvgIpc) is 2.43. The predicted molar refractivity (Wildman–Crippen MR) is 84.9 cm³/mol. The summed E-state index contributed by atoms with van der Waals surface area (Å²) in [6.45, 7) is 12.9. The quantitative estimate of drug-likeness (QED) is 0.874. The second-order valence-corrected chi connectivity index (χ2v) is 4.14. The standard InChI is InChI=1S/C11H16BrNO.2C2H6/c1-2-13(6-7-14)9-10-4-3-5-11(12)8-10;2*1-2/h3-5,8,14H,2,6-7,9H2,1H3;2*1-2H3. The zero-order chi connectivity index (χ0) is 14.4. The van der Waals surface area contributed by atoms with Crippen LogP contribution in [0.15, 0.2) is 28.7 Å². The van der Waals surface area contributed by atoms with Gasteiger partial charge in [-0.15, -0.1) is 0 Å². The van der Waals surface area contributed by atoms with E-state index in [2.05, 4.69) is 39.9 Å². The van der Waals surface area contributed by atoms with Crippen molar-refractivity contribution in [3.63, 3.8) is 0 Å². The minimum atomic E-state index is 0.224. The van der Waals surface area contributed by atoms with E-state index in [0.717, 1.165) is 24.1 Å². The van der Waals surface area contributed by atoms with Gasteiger partial charge in [-0.2, -0.15) is 0 Å². The van der Waals surface area contributed by atoms with Crippen molar-refractivity contribution in [2.75, 3.05) is 19.7 Å². The maximum Gasteiger partial charge on any atom is 0.0558 e. The lowest BCUT2D eigenvalue weighted by molar-refractivity contribution is 0.197. The maximum atomic E-state index is 8.85. The molecule has 0 aromatic heterocycles. The monoisotopic (exact) mass is 317 g/mol. The summed E-state index contributed by atoms with van der Waals surface area (Å²) >= 11 is 3.45. The van der Waals surface area contributed by atoms with Gasteiger partial charge in [0.25, 0.3) is 0 Å². The molecule has 1 aromatic rings. The first kappa shape index (κ1) is 19.9. The van der Waals surface area contributed by atoms with Gasteiger partial charge in [0.1, 0.15) is 0 Å². The fourth-order valence-corrected chi connectivity index (χ4v) is 1.83. The molecule has 1 rings (SSSR count). The lowest BCUT2D eigenvalue weighted by Gasteiger charge is -2.19. The molecule has 0 aliphatic carbocycles. The molecule has 0 aliphatic heterocycles. The van der Waals surface area contributed by atoms with E-state index >= 15 is 0 Å². The summed E-state index contributed by atoms with van der Waals surface area (Å²) in [5.74, 6) is 0. The van der Waals surface area contributed by atoms with Crippen molar-refractivity contribution in [1.29, 1.82) is 0 Å². The summed E-state index contributed by atoms with van der Waals surface area (Å²) in [4.78, 5) is 2.21. The van der Waals surface area contributed by atoms with Crippen LogP contribution in [0.5, 0.6) is 0 Å². The molecule has 0 fully saturated rings. The summed E-state index contributed by atoms with van der Waals surface area (Å²) < 4.78 is 1.11. The van der Waals surface area contributed by atoms with E-state index in [1.54, 1.807) is 0 Å². The highest BCUT2D eigenvalue weighted by Gasteiger charge is 2.02. The van der Waals surface area contributed by atoms with Gasteiger partial charge in [-0.25, -0.2) is 0 Å². The van der Waals surface area contributed by atoms with Gasteiger partial charge < -0.3 is 5.11 Å². The molecule has 0 saturated carbocycles. The van der Waals surface area contributed by atoms with E-state index in [4.69, 9.17) is 5.11 Å². The first-order chi connectivity index (χ1) is 8.76. The third-order valence-electron chi connectivity index (χ3n) is 2.16. The molecule has 0 spiro atoms. The molecule has 1 aromatic carbocycles. The summed E-state index contributed by atoms with van der Waals surface area (Å²) in [6.07, 6.45) is 0. The summed E-state index contributed by atoms with van der Waals surface area (Å²) in [7, 11) is 0. The Hall–Kier alpha value is -0.380. The summed E-state index contributed by atoms with van der Waals surface area (Å²) in [6, 6.07) is 8.27. The van der Waals surface area contributed by atoms with Crippen molar-refractivity contribution < 1.29 is 5.11 Å². The van der Waals surface area contributed by atoms with Crippen molar-refractivity contribution in [2.24, 2.45) is 0 Å². The smallest absolute Gasteiger partial charge is 0.0558 e. The molecule has 18 heavy (non-hydrogen) atoms. The lowest BCUT2D eigenvalue weighted by Crippen LogP contribution is -2.25. The summed E-state index contributed by atoms with van der Waals surface area (Å²) in [5, 5.41) is 8.85. The van der Waals surface area contributed by atoms with Crippen LogP contribution in [0.25, 0.3) is 0 Å². The van der Waals surface area contributed by atoms with Crippen LogP contribution in [0.4, 0.5) is 0 Å². The highest BCUT2D eigenvalue weighted by molar-refractivity contribution is 9.10. The molecule has 0 heterocycles. The number of benzene rings is 1. The van der Waals surface area contributed by atoms with Gasteiger partial charge in [0, 0.05) is 17.6 Å². The Kier molecular flexibility index (Phi) is 16.3. The van der Waals surface area contributed by atoms with Gasteiger partial charge >= 0.3 is 0 Å². The first-order valence-corrected chi connectivity index (χ1v) is 7.63. The van der Waals surface area contributed by atoms with E-state index in [1.807, 2.05) is 39.8 Å². The second kappa shape index (κ2) is 14.7. The van der Waals surface area contributed by atoms with Crippen LogP contribution in [0.1, 0.15) is 40.2 Å². The largest absolute Gasteiger partial charge is 0.395 e. The fraction of sp³-hybridized carbons (Fsp3) is 0.600. The first-order valence-electron chi connectivity index (χ1n) is 6.84. The fourth-order valence-electron chi connectivity index (χ4n) is 1.38. The minimum Gasteiger partial charge on any atom is -0.395 e. The van der Waals surface area contributed by atoms with E-state index in [-0.39, 0.29) is 6.61 Å². The lowest BCUT2D eigenvalue weighted by atomic mass is 10.2. The maximum absolute atomic E-state index is 8.85. The Bertz CT molecular complexity index is 279. The topological polar surface area (TPSA) is 23.5 Å². The van der Waals surface area contributed by atoms with E-state index < -0.39 is 0 Å². The SMILES string of the molecule is CC.CC.CCN(CCO)Cc1cccc(Br)c1. The van der Waals surface area contributed by atoms with Crippen molar-refractivity contribution in [3.05, 3.63) is 34.3 Å². The van der Waals surface area contributed by atoms with Crippen molar-refractivity contribution in [3.8, 4) is 0 Å². The Morgan fingerprint density at radius 3 is 2.22 bits per heavy atom. The number of halogens is 1. The number of likely N-dealkylation sites (N-methyl/N-ethyl adjacent to an activating group) is 1. The van der Waals surface area contributed by atoms with E-state index in [9.17, 15) is 0 Å². The number of hydrogen-bond donors (Lipinski definition) is 1. The van der Waals surface area contributed by atoms with Crippen LogP contribution in [-0.2, 0) is 6.54 Å². The molecular formula is C15H28BrNO. The van der Waals surface area contributed by atoms with E-state index in [0.29, 0.717) is 0 Å². The van der Waals surface area contributed by atoms with E-state index in [1.165, 1.54) is 5.56 Å².